The molecule has 122 valence electrons. The minimum Gasteiger partial charge on any atom is -0.340 e. The molecule has 24 heavy (non-hydrogen) atoms. The fourth-order valence-corrected chi connectivity index (χ4v) is 3.34. The van der Waals surface area contributed by atoms with E-state index in [4.69, 9.17) is 5.26 Å². The summed E-state index contributed by atoms with van der Waals surface area (Å²) < 4.78 is 43.0. The molecular formula is C18H12BrF3N2. The highest BCUT2D eigenvalue weighted by Gasteiger charge is 2.36. The van der Waals surface area contributed by atoms with E-state index in [0.717, 1.165) is 10.0 Å². The summed E-state index contributed by atoms with van der Waals surface area (Å²) in [6, 6.07) is 13.6. The van der Waals surface area contributed by atoms with Crippen LogP contribution in [0.1, 0.15) is 22.4 Å². The molecule has 0 aliphatic rings. The Balaban J connectivity index is 2.21. The van der Waals surface area contributed by atoms with Crippen molar-refractivity contribution in [2.45, 2.75) is 19.6 Å². The minimum absolute atomic E-state index is 0.0639. The molecule has 0 amide bonds. The molecule has 3 aromatic rings. The molecule has 0 unspecified atom stereocenters. The second-order valence-electron chi connectivity index (χ2n) is 5.53. The zero-order chi connectivity index (χ0) is 17.5. The standard InChI is InChI=1S/C18H12BrF3N2/c1-11-7-15-16(6-5-13(9-23)17(15)18(20,21)22)24(11)10-12-3-2-4-14(19)8-12/h2-8H,10H2,1H3. The summed E-state index contributed by atoms with van der Waals surface area (Å²) in [5.74, 6) is 0. The molecule has 0 saturated heterocycles. The molecule has 3 rings (SSSR count). The van der Waals surface area contributed by atoms with Crippen LogP contribution in [0.3, 0.4) is 0 Å². The first-order valence-electron chi connectivity index (χ1n) is 7.16. The van der Waals surface area contributed by atoms with Gasteiger partial charge in [-0.25, -0.2) is 0 Å². The van der Waals surface area contributed by atoms with Gasteiger partial charge in [-0.1, -0.05) is 28.1 Å². The van der Waals surface area contributed by atoms with Crippen molar-refractivity contribution in [2.75, 3.05) is 0 Å². The molecular weight excluding hydrogens is 381 g/mol. The number of fused-ring (bicyclic) bond motifs is 1. The van der Waals surface area contributed by atoms with Gasteiger partial charge in [-0.05, 0) is 42.8 Å². The van der Waals surface area contributed by atoms with Gasteiger partial charge in [0.25, 0.3) is 0 Å². The average molecular weight is 393 g/mol. The highest BCUT2D eigenvalue weighted by atomic mass is 79.9. The largest absolute Gasteiger partial charge is 0.418 e. The molecule has 6 heteroatoms. The van der Waals surface area contributed by atoms with Crippen molar-refractivity contribution >= 4 is 26.8 Å². The lowest BCUT2D eigenvalue weighted by Crippen LogP contribution is -2.09. The van der Waals surface area contributed by atoms with E-state index in [1.165, 1.54) is 12.1 Å². The SMILES string of the molecule is Cc1cc2c(C(F)(F)F)c(C#N)ccc2n1Cc1cccc(Br)c1. The summed E-state index contributed by atoms with van der Waals surface area (Å²) in [6.07, 6.45) is -4.57. The van der Waals surface area contributed by atoms with Crippen molar-refractivity contribution in [1.82, 2.24) is 4.57 Å². The van der Waals surface area contributed by atoms with Crippen LogP contribution in [0, 0.1) is 18.3 Å². The Morgan fingerprint density at radius 2 is 1.92 bits per heavy atom. The topological polar surface area (TPSA) is 28.7 Å². The quantitative estimate of drug-likeness (QED) is 0.553. The Labute approximate surface area is 145 Å². The second-order valence-corrected chi connectivity index (χ2v) is 6.45. The Hall–Kier alpha value is -2.26. The zero-order valence-corrected chi connectivity index (χ0v) is 14.2. The van der Waals surface area contributed by atoms with E-state index in [-0.39, 0.29) is 10.9 Å². The number of benzene rings is 2. The molecule has 0 N–H and O–H groups in total. The molecule has 0 aliphatic heterocycles. The number of rotatable bonds is 2. The molecule has 0 fully saturated rings. The summed E-state index contributed by atoms with van der Waals surface area (Å²) in [4.78, 5) is 0. The molecule has 0 atom stereocenters. The van der Waals surface area contributed by atoms with Gasteiger partial charge in [-0.3, -0.25) is 0 Å². The number of hydrogen-bond donors (Lipinski definition) is 0. The number of hydrogen-bond acceptors (Lipinski definition) is 1. The lowest BCUT2D eigenvalue weighted by atomic mass is 10.0. The lowest BCUT2D eigenvalue weighted by Gasteiger charge is -2.12. The summed E-state index contributed by atoms with van der Waals surface area (Å²) >= 11 is 3.40. The average Bonchev–Trinajstić information content (AvgIpc) is 2.81. The number of aryl methyl sites for hydroxylation is 1. The van der Waals surface area contributed by atoms with Gasteiger partial charge in [-0.15, -0.1) is 0 Å². The Morgan fingerprint density at radius 3 is 2.54 bits per heavy atom. The van der Waals surface area contributed by atoms with Crippen LogP contribution in [0.15, 0.2) is 46.9 Å². The van der Waals surface area contributed by atoms with E-state index in [1.54, 1.807) is 19.1 Å². The first-order chi connectivity index (χ1) is 11.3. The highest BCUT2D eigenvalue weighted by molar-refractivity contribution is 9.10. The Bertz CT molecular complexity index is 965. The van der Waals surface area contributed by atoms with E-state index in [2.05, 4.69) is 15.9 Å². The van der Waals surface area contributed by atoms with Crippen LogP contribution in [-0.4, -0.2) is 4.57 Å². The van der Waals surface area contributed by atoms with Crippen LogP contribution < -0.4 is 0 Å². The Kier molecular flexibility index (Phi) is 4.14. The lowest BCUT2D eigenvalue weighted by molar-refractivity contribution is -0.136. The maximum atomic E-state index is 13.4. The Morgan fingerprint density at radius 1 is 1.17 bits per heavy atom. The van der Waals surface area contributed by atoms with Gasteiger partial charge in [0.15, 0.2) is 0 Å². The smallest absolute Gasteiger partial charge is 0.340 e. The summed E-state index contributed by atoms with van der Waals surface area (Å²) in [5.41, 5.74) is 0.945. The zero-order valence-electron chi connectivity index (χ0n) is 12.7. The van der Waals surface area contributed by atoms with Gasteiger partial charge in [0.1, 0.15) is 0 Å². The van der Waals surface area contributed by atoms with E-state index in [1.807, 2.05) is 28.8 Å². The van der Waals surface area contributed by atoms with E-state index >= 15 is 0 Å². The predicted molar refractivity (Wildman–Crippen MR) is 89.6 cm³/mol. The maximum Gasteiger partial charge on any atom is 0.418 e. The monoisotopic (exact) mass is 392 g/mol. The number of nitrogens with zero attached hydrogens (tertiary/aromatic N) is 2. The van der Waals surface area contributed by atoms with Gasteiger partial charge in [0.2, 0.25) is 0 Å². The number of halogens is 4. The van der Waals surface area contributed by atoms with Crippen molar-refractivity contribution in [3.63, 3.8) is 0 Å². The minimum atomic E-state index is -4.57. The molecule has 2 aromatic carbocycles. The molecule has 1 aromatic heterocycles. The third-order valence-corrected chi connectivity index (χ3v) is 4.42. The van der Waals surface area contributed by atoms with E-state index in [9.17, 15) is 13.2 Å². The van der Waals surface area contributed by atoms with Gasteiger partial charge in [0, 0.05) is 27.6 Å². The number of alkyl halides is 3. The molecule has 0 radical (unpaired) electrons. The van der Waals surface area contributed by atoms with Gasteiger partial charge in [0.05, 0.1) is 17.2 Å². The molecule has 2 nitrogen and oxygen atoms in total. The first kappa shape index (κ1) is 16.6. The van der Waals surface area contributed by atoms with Crippen LogP contribution in [0.2, 0.25) is 0 Å². The van der Waals surface area contributed by atoms with Crippen molar-refractivity contribution in [2.24, 2.45) is 0 Å². The van der Waals surface area contributed by atoms with Gasteiger partial charge >= 0.3 is 6.18 Å². The van der Waals surface area contributed by atoms with Gasteiger partial charge in [-0.2, -0.15) is 18.4 Å². The van der Waals surface area contributed by atoms with Crippen LogP contribution in [-0.2, 0) is 12.7 Å². The van der Waals surface area contributed by atoms with Crippen LogP contribution in [0.25, 0.3) is 10.9 Å². The third kappa shape index (κ3) is 2.92. The number of aromatic nitrogens is 1. The van der Waals surface area contributed by atoms with Crippen molar-refractivity contribution in [1.29, 1.82) is 5.26 Å². The predicted octanol–water partition coefficient (Wildman–Crippen LogP) is 5.65. The number of nitriles is 1. The van der Waals surface area contributed by atoms with Gasteiger partial charge < -0.3 is 4.57 Å². The fraction of sp³-hybridized carbons (Fsp3) is 0.167. The van der Waals surface area contributed by atoms with Crippen molar-refractivity contribution < 1.29 is 13.2 Å². The van der Waals surface area contributed by atoms with Crippen LogP contribution in [0.4, 0.5) is 13.2 Å². The summed E-state index contributed by atoms with van der Waals surface area (Å²) in [5, 5.41) is 9.08. The fourth-order valence-electron chi connectivity index (χ4n) is 2.89. The third-order valence-electron chi connectivity index (χ3n) is 3.93. The normalized spacial score (nSPS) is 11.7. The highest BCUT2D eigenvalue weighted by Crippen LogP contribution is 2.38. The molecule has 0 saturated carbocycles. The second kappa shape index (κ2) is 5.99. The molecule has 1 heterocycles. The van der Waals surface area contributed by atoms with Crippen LogP contribution in [0.5, 0.6) is 0 Å². The molecule has 0 spiro atoms. The van der Waals surface area contributed by atoms with Crippen molar-refractivity contribution in [3.8, 4) is 6.07 Å². The first-order valence-corrected chi connectivity index (χ1v) is 7.95. The van der Waals surface area contributed by atoms with Crippen LogP contribution >= 0.6 is 15.9 Å². The molecule has 0 bridgehead atoms. The van der Waals surface area contributed by atoms with E-state index < -0.39 is 11.7 Å². The van der Waals surface area contributed by atoms with E-state index in [0.29, 0.717) is 17.8 Å². The summed E-state index contributed by atoms with van der Waals surface area (Å²) in [6.45, 7) is 2.22. The van der Waals surface area contributed by atoms with Crippen molar-refractivity contribution in [3.05, 3.63) is 69.3 Å². The molecule has 0 aliphatic carbocycles. The maximum absolute atomic E-state index is 13.4. The summed E-state index contributed by atoms with van der Waals surface area (Å²) in [7, 11) is 0.